The van der Waals surface area contributed by atoms with Crippen molar-refractivity contribution in [1.82, 2.24) is 14.3 Å². The van der Waals surface area contributed by atoms with Crippen molar-refractivity contribution in [3.8, 4) is 0 Å². The zero-order valence-corrected chi connectivity index (χ0v) is 14.4. The lowest BCUT2D eigenvalue weighted by Crippen LogP contribution is -2.31. The Morgan fingerprint density at radius 2 is 2.24 bits per heavy atom. The van der Waals surface area contributed by atoms with Crippen LogP contribution in [0.3, 0.4) is 0 Å². The van der Waals surface area contributed by atoms with Crippen molar-refractivity contribution in [2.75, 3.05) is 13.2 Å². The van der Waals surface area contributed by atoms with Crippen LogP contribution in [-0.2, 0) is 21.8 Å². The van der Waals surface area contributed by atoms with Gasteiger partial charge in [0.05, 0.1) is 22.8 Å². The summed E-state index contributed by atoms with van der Waals surface area (Å²) in [5.41, 5.74) is 0.494. The first-order valence-electron chi connectivity index (χ1n) is 7.95. The molecule has 1 aromatic carbocycles. The minimum absolute atomic E-state index is 0.0861. The number of rotatable bonds is 4. The zero-order chi connectivity index (χ0) is 17.6. The summed E-state index contributed by atoms with van der Waals surface area (Å²) in [5, 5.41) is 0.523. The van der Waals surface area contributed by atoms with Crippen molar-refractivity contribution in [2.45, 2.75) is 23.8 Å². The highest BCUT2D eigenvalue weighted by atomic mass is 32.2. The number of sulfonamides is 1. The second-order valence-corrected chi connectivity index (χ2v) is 7.85. The van der Waals surface area contributed by atoms with Gasteiger partial charge in [0.15, 0.2) is 5.52 Å². The average Bonchev–Trinajstić information content (AvgIpc) is 3.23. The number of benzene rings is 1. The third-order valence-electron chi connectivity index (χ3n) is 4.37. The molecule has 1 atom stereocenters. The van der Waals surface area contributed by atoms with E-state index in [9.17, 15) is 13.2 Å². The monoisotopic (exact) mass is 363 g/mol. The predicted molar refractivity (Wildman–Crippen MR) is 90.9 cm³/mol. The Morgan fingerprint density at radius 1 is 1.40 bits per heavy atom. The van der Waals surface area contributed by atoms with E-state index in [0.29, 0.717) is 23.1 Å². The lowest BCUT2D eigenvalue weighted by molar-refractivity contribution is 0.114. The molecule has 1 fully saturated rings. The minimum atomic E-state index is -3.69. The maximum Gasteiger partial charge on any atom is 0.364 e. The van der Waals surface area contributed by atoms with Crippen LogP contribution in [0.2, 0.25) is 0 Å². The van der Waals surface area contributed by atoms with Crippen LogP contribution in [0, 0.1) is 0 Å². The van der Waals surface area contributed by atoms with Crippen molar-refractivity contribution < 1.29 is 17.6 Å². The van der Waals surface area contributed by atoms with Gasteiger partial charge in [-0.25, -0.2) is 22.9 Å². The van der Waals surface area contributed by atoms with E-state index in [1.165, 1.54) is 24.5 Å². The molecule has 2 aromatic heterocycles. The van der Waals surface area contributed by atoms with Gasteiger partial charge in [-0.15, -0.1) is 0 Å². The van der Waals surface area contributed by atoms with Crippen LogP contribution < -0.4 is 10.3 Å². The fourth-order valence-corrected chi connectivity index (χ4v) is 4.18. The van der Waals surface area contributed by atoms with Crippen LogP contribution in [0.5, 0.6) is 0 Å². The Balaban J connectivity index is 1.77. The second-order valence-electron chi connectivity index (χ2n) is 6.09. The number of hydrogen-bond donors (Lipinski definition) is 1. The maximum absolute atomic E-state index is 12.6. The molecule has 3 heterocycles. The molecule has 1 aliphatic rings. The van der Waals surface area contributed by atoms with Crippen LogP contribution in [0.4, 0.5) is 0 Å². The molecule has 3 aromatic rings. The van der Waals surface area contributed by atoms with Gasteiger partial charge in [0.2, 0.25) is 10.0 Å². The summed E-state index contributed by atoms with van der Waals surface area (Å²) in [6.07, 6.45) is 3.20. The van der Waals surface area contributed by atoms with Gasteiger partial charge in [-0.05, 0) is 31.0 Å². The van der Waals surface area contributed by atoms with Crippen molar-refractivity contribution >= 4 is 32.0 Å². The Morgan fingerprint density at radius 3 is 3.00 bits per heavy atom. The molecular formula is C16H17N3O5S. The lowest BCUT2D eigenvalue weighted by Gasteiger charge is -2.12. The van der Waals surface area contributed by atoms with Crippen molar-refractivity contribution in [3.63, 3.8) is 0 Å². The molecule has 0 spiro atoms. The Labute approximate surface area is 143 Å². The third-order valence-corrected chi connectivity index (χ3v) is 5.80. The lowest BCUT2D eigenvalue weighted by atomic mass is 10.2. The minimum Gasteiger partial charge on any atom is -0.421 e. The third kappa shape index (κ3) is 2.84. The van der Waals surface area contributed by atoms with Crippen LogP contribution in [0.1, 0.15) is 12.8 Å². The van der Waals surface area contributed by atoms with Gasteiger partial charge in [-0.2, -0.15) is 0 Å². The first kappa shape index (κ1) is 16.2. The first-order valence-corrected chi connectivity index (χ1v) is 9.43. The Kier molecular flexibility index (Phi) is 3.86. The van der Waals surface area contributed by atoms with Crippen molar-refractivity contribution in [3.05, 3.63) is 34.9 Å². The zero-order valence-electron chi connectivity index (χ0n) is 13.6. The fourth-order valence-electron chi connectivity index (χ4n) is 3.09. The highest BCUT2D eigenvalue weighted by molar-refractivity contribution is 7.89. The van der Waals surface area contributed by atoms with E-state index in [1.807, 2.05) is 0 Å². The summed E-state index contributed by atoms with van der Waals surface area (Å²) in [4.78, 5) is 16.1. The number of fused-ring (bicyclic) bond motifs is 3. The summed E-state index contributed by atoms with van der Waals surface area (Å²) in [6.45, 7) is 0.908. The molecule has 9 heteroatoms. The van der Waals surface area contributed by atoms with Gasteiger partial charge in [0, 0.05) is 25.6 Å². The molecule has 132 valence electrons. The molecule has 1 aliphatic heterocycles. The average molecular weight is 363 g/mol. The molecule has 0 aliphatic carbocycles. The van der Waals surface area contributed by atoms with Gasteiger partial charge in [-0.1, -0.05) is 0 Å². The Hall–Kier alpha value is -2.23. The molecule has 8 nitrogen and oxygen atoms in total. The summed E-state index contributed by atoms with van der Waals surface area (Å²) < 4.78 is 40.1. The standard InChI is InChI=1S/C16H17N3O5S/c1-19-9-17-14-15(19)12-7-11(4-5-13(12)24-16(14)20)25(21,22)18-8-10-3-2-6-23-10/h4-5,7,9-10,18H,2-3,6,8H2,1H3/t10-/m0/s1. The first-order chi connectivity index (χ1) is 12.0. The van der Waals surface area contributed by atoms with Crippen LogP contribution in [0.15, 0.2) is 38.6 Å². The van der Waals surface area contributed by atoms with E-state index in [2.05, 4.69) is 9.71 Å². The van der Waals surface area contributed by atoms with Gasteiger partial charge in [-0.3, -0.25) is 0 Å². The highest BCUT2D eigenvalue weighted by Crippen LogP contribution is 2.25. The summed E-state index contributed by atoms with van der Waals surface area (Å²) in [6, 6.07) is 4.41. The van der Waals surface area contributed by atoms with Crippen LogP contribution in [-0.4, -0.2) is 37.2 Å². The van der Waals surface area contributed by atoms with E-state index >= 15 is 0 Å². The number of ether oxygens (including phenoxy) is 1. The molecule has 0 bridgehead atoms. The van der Waals surface area contributed by atoms with E-state index < -0.39 is 15.6 Å². The highest BCUT2D eigenvalue weighted by Gasteiger charge is 2.21. The molecule has 1 saturated heterocycles. The topological polar surface area (TPSA) is 103 Å². The maximum atomic E-state index is 12.6. The predicted octanol–water partition coefficient (Wildman–Crippen LogP) is 1.14. The van der Waals surface area contributed by atoms with Crippen LogP contribution in [0.25, 0.3) is 22.0 Å². The second kappa shape index (κ2) is 5.94. The normalized spacial score (nSPS) is 18.4. The van der Waals surface area contributed by atoms with E-state index in [4.69, 9.17) is 9.15 Å². The summed E-state index contributed by atoms with van der Waals surface area (Å²) >= 11 is 0. The van der Waals surface area contributed by atoms with Crippen LogP contribution >= 0.6 is 0 Å². The number of hydrogen-bond acceptors (Lipinski definition) is 6. The number of nitrogens with one attached hydrogen (secondary N) is 1. The quantitative estimate of drug-likeness (QED) is 0.697. The SMILES string of the molecule is Cn1cnc2c(=O)oc3ccc(S(=O)(=O)NC[C@@H]4CCCO4)cc3c21. The van der Waals surface area contributed by atoms with Gasteiger partial charge in [0.25, 0.3) is 0 Å². The molecule has 1 N–H and O–H groups in total. The van der Waals surface area contributed by atoms with Gasteiger partial charge in [0.1, 0.15) is 5.58 Å². The molecule has 4 rings (SSSR count). The van der Waals surface area contributed by atoms with E-state index in [0.717, 1.165) is 12.8 Å². The number of nitrogens with zero attached hydrogens (tertiary/aromatic N) is 2. The largest absolute Gasteiger partial charge is 0.421 e. The smallest absolute Gasteiger partial charge is 0.364 e. The molecule has 0 unspecified atom stereocenters. The summed E-state index contributed by atoms with van der Waals surface area (Å²) in [7, 11) is -1.95. The number of aryl methyl sites for hydroxylation is 1. The van der Waals surface area contributed by atoms with E-state index in [-0.39, 0.29) is 23.1 Å². The number of aromatic nitrogens is 2. The molecule has 0 radical (unpaired) electrons. The summed E-state index contributed by atoms with van der Waals surface area (Å²) in [5.74, 6) is 0. The fraction of sp³-hybridized carbons (Fsp3) is 0.375. The molecular weight excluding hydrogens is 346 g/mol. The van der Waals surface area contributed by atoms with Gasteiger partial charge >= 0.3 is 5.63 Å². The number of imidazole rings is 1. The molecule has 0 saturated carbocycles. The Bertz CT molecular complexity index is 1110. The van der Waals surface area contributed by atoms with Gasteiger partial charge < -0.3 is 13.7 Å². The van der Waals surface area contributed by atoms with Crippen molar-refractivity contribution in [1.29, 1.82) is 0 Å². The van der Waals surface area contributed by atoms with Crippen molar-refractivity contribution in [2.24, 2.45) is 7.05 Å². The molecule has 25 heavy (non-hydrogen) atoms. The molecule has 0 amide bonds. The van der Waals surface area contributed by atoms with E-state index in [1.54, 1.807) is 11.6 Å².